The van der Waals surface area contributed by atoms with Crippen LogP contribution in [0.1, 0.15) is 6.42 Å². The van der Waals surface area contributed by atoms with Crippen molar-refractivity contribution >= 4 is 29.1 Å². The molecule has 1 aliphatic heterocycles. The van der Waals surface area contributed by atoms with E-state index in [1.807, 2.05) is 18.2 Å². The summed E-state index contributed by atoms with van der Waals surface area (Å²) in [5.74, 6) is 1.55. The number of anilines is 1. The van der Waals surface area contributed by atoms with Gasteiger partial charge < -0.3 is 5.32 Å². The quantitative estimate of drug-likeness (QED) is 0.685. The molecule has 23 heavy (non-hydrogen) atoms. The van der Waals surface area contributed by atoms with Gasteiger partial charge in [0.05, 0.1) is 29.2 Å². The minimum atomic E-state index is -0.130. The standard InChI is InChI=1S/C18H17ClN2O2/c19-13-3-1-2-4-14(13)20-8-21-17(22)15-9-5-6-10(12-7-11(9)12)16(15)18(21)23/h1-6,9-12,15-16,20H,7-8H2/t9-,10-,11-,12+,15+,16+/m0/s1. The van der Waals surface area contributed by atoms with Crippen LogP contribution in [0.4, 0.5) is 5.69 Å². The minimum absolute atomic E-state index is 0.00995. The molecular weight excluding hydrogens is 312 g/mol. The predicted molar refractivity (Wildman–Crippen MR) is 86.5 cm³/mol. The molecule has 4 aliphatic carbocycles. The van der Waals surface area contributed by atoms with Gasteiger partial charge in [0.25, 0.3) is 0 Å². The number of imide groups is 1. The Bertz CT molecular complexity index is 710. The van der Waals surface area contributed by atoms with E-state index in [2.05, 4.69) is 17.5 Å². The van der Waals surface area contributed by atoms with Crippen LogP contribution in [0.3, 0.4) is 0 Å². The lowest BCUT2D eigenvalue weighted by molar-refractivity contribution is -0.139. The van der Waals surface area contributed by atoms with Crippen LogP contribution in [0.5, 0.6) is 0 Å². The van der Waals surface area contributed by atoms with E-state index in [0.717, 1.165) is 5.69 Å². The van der Waals surface area contributed by atoms with Crippen molar-refractivity contribution in [2.45, 2.75) is 6.42 Å². The van der Waals surface area contributed by atoms with Crippen molar-refractivity contribution < 1.29 is 9.59 Å². The first kappa shape index (κ1) is 13.6. The van der Waals surface area contributed by atoms with E-state index in [9.17, 15) is 9.59 Å². The van der Waals surface area contributed by atoms with E-state index in [4.69, 9.17) is 11.6 Å². The lowest BCUT2D eigenvalue weighted by Gasteiger charge is -2.37. The molecule has 2 saturated carbocycles. The van der Waals surface area contributed by atoms with Crippen molar-refractivity contribution in [2.24, 2.45) is 35.5 Å². The molecule has 2 amide bonds. The minimum Gasteiger partial charge on any atom is -0.366 e. The molecule has 0 radical (unpaired) electrons. The summed E-state index contributed by atoms with van der Waals surface area (Å²) in [5, 5.41) is 3.72. The molecule has 5 heteroatoms. The molecular formula is C18H17ClN2O2. The van der Waals surface area contributed by atoms with Gasteiger partial charge in [0.1, 0.15) is 0 Å². The van der Waals surface area contributed by atoms with Crippen LogP contribution in [0, 0.1) is 35.5 Å². The van der Waals surface area contributed by atoms with Crippen LogP contribution in [0.2, 0.25) is 5.02 Å². The number of para-hydroxylation sites is 1. The maximum atomic E-state index is 12.8. The van der Waals surface area contributed by atoms with Gasteiger partial charge in [-0.1, -0.05) is 35.9 Å². The second kappa shape index (κ2) is 4.60. The van der Waals surface area contributed by atoms with Crippen molar-refractivity contribution in [2.75, 3.05) is 12.0 Å². The Morgan fingerprint density at radius 1 is 1.04 bits per heavy atom. The van der Waals surface area contributed by atoms with E-state index in [0.29, 0.717) is 16.9 Å². The van der Waals surface area contributed by atoms with E-state index in [1.165, 1.54) is 11.3 Å². The number of hydrogen-bond donors (Lipinski definition) is 1. The first-order valence-corrected chi connectivity index (χ1v) is 8.56. The Labute approximate surface area is 139 Å². The summed E-state index contributed by atoms with van der Waals surface area (Å²) < 4.78 is 0. The highest BCUT2D eigenvalue weighted by atomic mass is 35.5. The Morgan fingerprint density at radius 3 is 2.26 bits per heavy atom. The number of nitrogens with zero attached hydrogens (tertiary/aromatic N) is 1. The summed E-state index contributed by atoms with van der Waals surface area (Å²) in [4.78, 5) is 27.0. The monoisotopic (exact) mass is 328 g/mol. The first-order valence-electron chi connectivity index (χ1n) is 8.19. The van der Waals surface area contributed by atoms with Gasteiger partial charge in [0, 0.05) is 0 Å². The number of nitrogens with one attached hydrogen (secondary N) is 1. The number of allylic oxidation sites excluding steroid dienone is 2. The van der Waals surface area contributed by atoms with Gasteiger partial charge in [-0.05, 0) is 42.2 Å². The molecule has 2 bridgehead atoms. The molecule has 4 nitrogen and oxygen atoms in total. The highest BCUT2D eigenvalue weighted by Crippen LogP contribution is 2.65. The largest absolute Gasteiger partial charge is 0.366 e. The lowest BCUT2D eigenvalue weighted by Crippen LogP contribution is -2.40. The average molecular weight is 329 g/mol. The number of benzene rings is 1. The molecule has 118 valence electrons. The summed E-state index contributed by atoms with van der Waals surface area (Å²) >= 11 is 6.12. The zero-order valence-electron chi connectivity index (χ0n) is 12.5. The van der Waals surface area contributed by atoms with Crippen molar-refractivity contribution in [3.8, 4) is 0 Å². The van der Waals surface area contributed by atoms with Crippen LogP contribution < -0.4 is 5.32 Å². The van der Waals surface area contributed by atoms with Gasteiger partial charge >= 0.3 is 0 Å². The molecule has 0 unspecified atom stereocenters. The maximum Gasteiger partial charge on any atom is 0.235 e. The molecule has 1 aromatic carbocycles. The van der Waals surface area contributed by atoms with Crippen LogP contribution in [-0.4, -0.2) is 23.4 Å². The Kier molecular flexibility index (Phi) is 2.72. The van der Waals surface area contributed by atoms with Gasteiger partial charge in [-0.3, -0.25) is 14.5 Å². The number of likely N-dealkylation sites (tertiary alicyclic amines) is 1. The molecule has 1 aromatic rings. The van der Waals surface area contributed by atoms with E-state index in [1.54, 1.807) is 6.07 Å². The van der Waals surface area contributed by atoms with E-state index < -0.39 is 0 Å². The topological polar surface area (TPSA) is 49.4 Å². The van der Waals surface area contributed by atoms with Crippen LogP contribution in [-0.2, 0) is 9.59 Å². The highest BCUT2D eigenvalue weighted by molar-refractivity contribution is 6.33. The fraction of sp³-hybridized carbons (Fsp3) is 0.444. The van der Waals surface area contributed by atoms with Gasteiger partial charge in [-0.15, -0.1) is 0 Å². The molecule has 0 aromatic heterocycles. The number of hydrogen-bond acceptors (Lipinski definition) is 3. The van der Waals surface area contributed by atoms with E-state index in [-0.39, 0.29) is 42.2 Å². The average Bonchev–Trinajstić information content (AvgIpc) is 3.33. The van der Waals surface area contributed by atoms with Crippen LogP contribution >= 0.6 is 11.6 Å². The number of amides is 2. The summed E-state index contributed by atoms with van der Waals surface area (Å²) in [6.45, 7) is 0.198. The van der Waals surface area contributed by atoms with Gasteiger partial charge in [-0.25, -0.2) is 0 Å². The van der Waals surface area contributed by atoms with Crippen molar-refractivity contribution in [1.82, 2.24) is 4.90 Å². The molecule has 3 fully saturated rings. The Balaban J connectivity index is 1.38. The fourth-order valence-electron chi connectivity index (χ4n) is 4.94. The van der Waals surface area contributed by atoms with Crippen molar-refractivity contribution in [1.29, 1.82) is 0 Å². The number of carbonyl (C=O) groups excluding carboxylic acids is 2. The molecule has 1 heterocycles. The zero-order chi connectivity index (χ0) is 15.7. The summed E-state index contributed by atoms with van der Waals surface area (Å²) in [6, 6.07) is 7.36. The first-order chi connectivity index (χ1) is 11.2. The van der Waals surface area contributed by atoms with Gasteiger partial charge in [-0.2, -0.15) is 0 Å². The Hall–Kier alpha value is -1.81. The summed E-state index contributed by atoms with van der Waals surface area (Å²) in [6.07, 6.45) is 5.57. The third-order valence-electron chi connectivity index (χ3n) is 6.06. The Morgan fingerprint density at radius 2 is 1.65 bits per heavy atom. The van der Waals surface area contributed by atoms with Crippen LogP contribution in [0.15, 0.2) is 36.4 Å². The summed E-state index contributed by atoms with van der Waals surface area (Å²) in [5.41, 5.74) is 0.744. The smallest absolute Gasteiger partial charge is 0.235 e. The zero-order valence-corrected chi connectivity index (χ0v) is 13.2. The number of carbonyl (C=O) groups is 2. The fourth-order valence-corrected chi connectivity index (χ4v) is 5.15. The third kappa shape index (κ3) is 1.78. The van der Waals surface area contributed by atoms with Gasteiger partial charge in [0.2, 0.25) is 11.8 Å². The third-order valence-corrected chi connectivity index (χ3v) is 6.39. The van der Waals surface area contributed by atoms with Crippen LogP contribution in [0.25, 0.3) is 0 Å². The summed E-state index contributed by atoms with van der Waals surface area (Å²) in [7, 11) is 0. The molecule has 5 aliphatic rings. The molecule has 1 N–H and O–H groups in total. The second-order valence-corrected chi connectivity index (χ2v) is 7.48. The predicted octanol–water partition coefficient (Wildman–Crippen LogP) is 2.76. The molecule has 6 rings (SSSR count). The lowest BCUT2D eigenvalue weighted by atomic mass is 9.63. The normalized spacial score (nSPS) is 39.4. The maximum absolute atomic E-state index is 12.8. The SMILES string of the molecule is O=C1[C@@H]2[C@H]3C=C[C@@H]([C@@H]4C[C@H]34)[C@H]2C(=O)N1CNc1ccccc1Cl. The highest BCUT2D eigenvalue weighted by Gasteiger charge is 2.66. The number of halogens is 1. The molecule has 1 saturated heterocycles. The van der Waals surface area contributed by atoms with E-state index >= 15 is 0 Å². The second-order valence-electron chi connectivity index (χ2n) is 7.07. The number of rotatable bonds is 3. The van der Waals surface area contributed by atoms with Crippen molar-refractivity contribution in [3.05, 3.63) is 41.4 Å². The molecule has 6 atom stereocenters. The van der Waals surface area contributed by atoms with Gasteiger partial charge in [0.15, 0.2) is 0 Å². The molecule has 0 spiro atoms. The van der Waals surface area contributed by atoms with Crippen molar-refractivity contribution in [3.63, 3.8) is 0 Å².